The van der Waals surface area contributed by atoms with Crippen LogP contribution in [0.1, 0.15) is 58.3 Å². The third-order valence-electron chi connectivity index (χ3n) is 6.78. The minimum Gasteiger partial charge on any atom is -0.496 e. The predicted molar refractivity (Wildman–Crippen MR) is 141 cm³/mol. The Morgan fingerprint density at radius 2 is 1.78 bits per heavy atom. The van der Waals surface area contributed by atoms with Crippen molar-refractivity contribution >= 4 is 33.2 Å². The van der Waals surface area contributed by atoms with Gasteiger partial charge in [0.2, 0.25) is 0 Å². The molecule has 3 aromatic rings. The van der Waals surface area contributed by atoms with Crippen LogP contribution >= 0.6 is 11.3 Å². The van der Waals surface area contributed by atoms with Gasteiger partial charge in [-0.05, 0) is 49.6 Å². The molecule has 1 aliphatic rings. The van der Waals surface area contributed by atoms with Crippen LogP contribution in [-0.4, -0.2) is 61.7 Å². The number of thiazole rings is 1. The highest BCUT2D eigenvalue weighted by Crippen LogP contribution is 2.37. The first-order valence-corrected chi connectivity index (χ1v) is 12.9. The number of nitrogens with zero attached hydrogens (tertiary/aromatic N) is 2. The molecule has 0 aliphatic heterocycles. The van der Waals surface area contributed by atoms with Gasteiger partial charge in [-0.3, -0.25) is 0 Å². The summed E-state index contributed by atoms with van der Waals surface area (Å²) in [6, 6.07) is 7.22. The first-order chi connectivity index (χ1) is 17.2. The number of aliphatic hydroxyl groups is 1. The quantitative estimate of drug-likeness (QED) is 0.390. The first-order valence-electron chi connectivity index (χ1n) is 12.1. The van der Waals surface area contributed by atoms with Crippen LogP contribution in [0.25, 0.3) is 10.2 Å². The van der Waals surface area contributed by atoms with Crippen molar-refractivity contribution in [1.82, 2.24) is 4.98 Å². The Bertz CT molecular complexity index is 1210. The molecule has 8 nitrogen and oxygen atoms in total. The number of rotatable bonds is 10. The minimum absolute atomic E-state index is 0.0724. The number of carboxylic acids is 1. The van der Waals surface area contributed by atoms with Crippen molar-refractivity contribution in [2.24, 2.45) is 0 Å². The SMILES string of the molecule is COc1cc(C(O)C(Cc2nc3c(C(=O)O)cc(N(C)C)cc3s2)OC2CCCC2)cc(OC)c1C. The van der Waals surface area contributed by atoms with Crippen molar-refractivity contribution in [2.75, 3.05) is 33.2 Å². The van der Waals surface area contributed by atoms with Crippen LogP contribution in [0.5, 0.6) is 11.5 Å². The van der Waals surface area contributed by atoms with Crippen molar-refractivity contribution < 1.29 is 29.2 Å². The molecule has 1 aromatic heterocycles. The molecule has 2 atom stereocenters. The molecule has 1 aliphatic carbocycles. The summed E-state index contributed by atoms with van der Waals surface area (Å²) >= 11 is 1.44. The monoisotopic (exact) mass is 514 g/mol. The molecule has 2 aromatic carbocycles. The van der Waals surface area contributed by atoms with E-state index in [4.69, 9.17) is 14.2 Å². The largest absolute Gasteiger partial charge is 0.496 e. The molecular weight excluding hydrogens is 480 g/mol. The molecule has 0 amide bonds. The third kappa shape index (κ3) is 5.43. The van der Waals surface area contributed by atoms with Crippen LogP contribution in [0, 0.1) is 6.92 Å². The standard InChI is InChI=1S/C27H34N2O6S/c1-15-20(33-4)10-16(11-21(15)34-5)26(30)22(35-18-8-6-7-9-18)14-24-28-25-19(27(31)32)12-17(29(2)3)13-23(25)36-24/h10-13,18,22,26,30H,6-9,14H2,1-5H3,(H,31,32). The molecule has 36 heavy (non-hydrogen) atoms. The lowest BCUT2D eigenvalue weighted by Gasteiger charge is -2.27. The topological polar surface area (TPSA) is 101 Å². The van der Waals surface area contributed by atoms with Gasteiger partial charge in [0.15, 0.2) is 0 Å². The third-order valence-corrected chi connectivity index (χ3v) is 7.81. The van der Waals surface area contributed by atoms with E-state index < -0.39 is 18.2 Å². The van der Waals surface area contributed by atoms with Gasteiger partial charge < -0.3 is 29.3 Å². The zero-order chi connectivity index (χ0) is 26.0. The van der Waals surface area contributed by atoms with Gasteiger partial charge in [0.05, 0.1) is 47.2 Å². The van der Waals surface area contributed by atoms with Gasteiger partial charge in [0, 0.05) is 31.8 Å². The zero-order valence-electron chi connectivity index (χ0n) is 21.4. The lowest BCUT2D eigenvalue weighted by atomic mass is 9.99. The second-order valence-electron chi connectivity index (χ2n) is 9.43. The van der Waals surface area contributed by atoms with E-state index in [9.17, 15) is 15.0 Å². The molecule has 0 saturated heterocycles. The number of anilines is 1. The molecular formula is C27H34N2O6S. The Balaban J connectivity index is 1.71. The van der Waals surface area contributed by atoms with E-state index >= 15 is 0 Å². The van der Waals surface area contributed by atoms with E-state index in [0.29, 0.717) is 29.0 Å². The summed E-state index contributed by atoms with van der Waals surface area (Å²) in [5.74, 6) is 0.244. The number of ether oxygens (including phenoxy) is 3. The Morgan fingerprint density at radius 1 is 1.14 bits per heavy atom. The Morgan fingerprint density at radius 3 is 2.33 bits per heavy atom. The lowest BCUT2D eigenvalue weighted by molar-refractivity contribution is -0.0753. The molecule has 0 bridgehead atoms. The van der Waals surface area contributed by atoms with E-state index in [2.05, 4.69) is 4.98 Å². The summed E-state index contributed by atoms with van der Waals surface area (Å²) in [5, 5.41) is 22.0. The number of aromatic carboxylic acids is 1. The van der Waals surface area contributed by atoms with Gasteiger partial charge in [-0.1, -0.05) is 12.8 Å². The second-order valence-corrected chi connectivity index (χ2v) is 10.5. The summed E-state index contributed by atoms with van der Waals surface area (Å²) < 4.78 is 18.3. The van der Waals surface area contributed by atoms with Crippen molar-refractivity contribution in [2.45, 2.75) is 57.3 Å². The summed E-state index contributed by atoms with van der Waals surface area (Å²) in [6.07, 6.45) is 3.04. The predicted octanol–water partition coefficient (Wildman–Crippen LogP) is 4.99. The lowest BCUT2D eigenvalue weighted by Crippen LogP contribution is -2.29. The summed E-state index contributed by atoms with van der Waals surface area (Å²) in [4.78, 5) is 18.5. The molecule has 9 heteroatoms. The van der Waals surface area contributed by atoms with Gasteiger partial charge in [0.25, 0.3) is 0 Å². The van der Waals surface area contributed by atoms with Crippen LogP contribution in [0.15, 0.2) is 24.3 Å². The number of carboxylic acid groups (broad SMARTS) is 1. The van der Waals surface area contributed by atoms with Gasteiger partial charge in [0.1, 0.15) is 17.6 Å². The summed E-state index contributed by atoms with van der Waals surface area (Å²) in [7, 11) is 6.93. The molecule has 194 valence electrons. The van der Waals surface area contributed by atoms with Gasteiger partial charge in [-0.25, -0.2) is 9.78 Å². The number of benzene rings is 2. The summed E-state index contributed by atoms with van der Waals surface area (Å²) in [6.45, 7) is 1.91. The van der Waals surface area contributed by atoms with Crippen LogP contribution in [0.2, 0.25) is 0 Å². The van der Waals surface area contributed by atoms with Crippen LogP contribution in [-0.2, 0) is 11.2 Å². The number of fused-ring (bicyclic) bond motifs is 1. The van der Waals surface area contributed by atoms with Gasteiger partial charge >= 0.3 is 5.97 Å². The average Bonchev–Trinajstić information content (AvgIpc) is 3.51. The van der Waals surface area contributed by atoms with Crippen LogP contribution in [0.3, 0.4) is 0 Å². The maximum absolute atomic E-state index is 12.0. The molecule has 1 saturated carbocycles. The fourth-order valence-corrected chi connectivity index (χ4v) is 5.81. The average molecular weight is 515 g/mol. The second kappa shape index (κ2) is 11.0. The first kappa shape index (κ1) is 26.2. The number of hydrogen-bond donors (Lipinski definition) is 2. The van der Waals surface area contributed by atoms with E-state index in [-0.39, 0.29) is 11.7 Å². The Kier molecular flexibility index (Phi) is 8.02. The number of aromatic nitrogens is 1. The fraction of sp³-hybridized carbons (Fsp3) is 0.481. The van der Waals surface area contributed by atoms with Crippen LogP contribution in [0.4, 0.5) is 5.69 Å². The van der Waals surface area contributed by atoms with Gasteiger partial charge in [-0.15, -0.1) is 11.3 Å². The van der Waals surface area contributed by atoms with Crippen molar-refractivity contribution in [3.8, 4) is 11.5 Å². The maximum atomic E-state index is 12.0. The van der Waals surface area contributed by atoms with Crippen LogP contribution < -0.4 is 14.4 Å². The Hall–Kier alpha value is -2.88. The van der Waals surface area contributed by atoms with Crippen molar-refractivity contribution in [3.63, 3.8) is 0 Å². The van der Waals surface area contributed by atoms with Gasteiger partial charge in [-0.2, -0.15) is 0 Å². The molecule has 0 radical (unpaired) electrons. The summed E-state index contributed by atoms with van der Waals surface area (Å²) in [5.41, 5.74) is 2.92. The maximum Gasteiger partial charge on any atom is 0.338 e. The number of aliphatic hydroxyl groups excluding tert-OH is 1. The molecule has 1 heterocycles. The smallest absolute Gasteiger partial charge is 0.338 e. The molecule has 0 spiro atoms. The van der Waals surface area contributed by atoms with E-state index in [1.54, 1.807) is 20.3 Å². The van der Waals surface area contributed by atoms with E-state index in [1.165, 1.54) is 11.3 Å². The number of methoxy groups -OCH3 is 2. The minimum atomic E-state index is -1.02. The zero-order valence-corrected chi connectivity index (χ0v) is 22.2. The number of hydrogen-bond acceptors (Lipinski definition) is 8. The van der Waals surface area contributed by atoms with Crippen molar-refractivity contribution in [1.29, 1.82) is 0 Å². The highest BCUT2D eigenvalue weighted by molar-refractivity contribution is 7.18. The fourth-order valence-electron chi connectivity index (χ4n) is 4.74. The number of carbonyl (C=O) groups is 1. The molecule has 2 N–H and O–H groups in total. The molecule has 1 fully saturated rings. The van der Waals surface area contributed by atoms with E-state index in [0.717, 1.165) is 46.6 Å². The molecule has 4 rings (SSSR count). The highest BCUT2D eigenvalue weighted by Gasteiger charge is 2.30. The highest BCUT2D eigenvalue weighted by atomic mass is 32.1. The molecule has 2 unspecified atom stereocenters. The van der Waals surface area contributed by atoms with Crippen molar-refractivity contribution in [3.05, 3.63) is 46.0 Å². The normalized spacial score (nSPS) is 15.7. The Labute approximate surface area is 215 Å². The van der Waals surface area contributed by atoms with E-state index in [1.807, 2.05) is 44.1 Å².